The smallest absolute Gasteiger partial charge is 0.0221 e. The zero-order chi connectivity index (χ0) is 8.69. The van der Waals surface area contributed by atoms with Crippen LogP contribution in [-0.2, 0) is 0 Å². The number of unbranched alkanes of at least 4 members (excludes halogenated alkanes) is 1. The second-order valence-corrected chi connectivity index (χ2v) is 3.33. The quantitative estimate of drug-likeness (QED) is 0.484. The average molecular weight is 176 g/mol. The number of nitrogens with zero attached hydrogens (tertiary/aromatic N) is 2. The molecule has 0 saturated heterocycles. The van der Waals surface area contributed by atoms with E-state index in [9.17, 15) is 0 Å². The fourth-order valence-corrected chi connectivity index (χ4v) is 1.20. The fraction of sp³-hybridized carbons (Fsp3) is 1.00. The largest absolute Gasteiger partial charge is 0.248 e. The minimum Gasteiger partial charge on any atom is -0.248 e. The molecule has 0 bridgehead atoms. The van der Waals surface area contributed by atoms with Crippen molar-refractivity contribution in [3.63, 3.8) is 0 Å². The Morgan fingerprint density at radius 3 is 2.18 bits per heavy atom. The van der Waals surface area contributed by atoms with Crippen molar-refractivity contribution < 1.29 is 0 Å². The van der Waals surface area contributed by atoms with Crippen LogP contribution >= 0.6 is 12.6 Å². The lowest BCUT2D eigenvalue weighted by atomic mass is 10.3. The van der Waals surface area contributed by atoms with Gasteiger partial charge >= 0.3 is 0 Å². The number of hydrazine groups is 1. The summed E-state index contributed by atoms with van der Waals surface area (Å²) in [4.78, 5) is 0. The van der Waals surface area contributed by atoms with Crippen molar-refractivity contribution in [2.75, 3.05) is 32.9 Å². The Bertz CT molecular complexity index is 86.2. The van der Waals surface area contributed by atoms with Crippen molar-refractivity contribution in [3.05, 3.63) is 0 Å². The van der Waals surface area contributed by atoms with Gasteiger partial charge in [-0.3, -0.25) is 0 Å². The van der Waals surface area contributed by atoms with E-state index in [4.69, 9.17) is 0 Å². The molecule has 0 fully saturated rings. The Morgan fingerprint density at radius 1 is 1.18 bits per heavy atom. The van der Waals surface area contributed by atoms with E-state index in [1.807, 2.05) is 0 Å². The number of hydrogen-bond donors (Lipinski definition) is 1. The predicted octanol–water partition coefficient (Wildman–Crippen LogP) is 1.49. The number of thiol groups is 1. The molecule has 0 N–H and O–H groups in total. The molecule has 0 aromatic carbocycles. The first-order valence-corrected chi connectivity index (χ1v) is 4.88. The van der Waals surface area contributed by atoms with Crippen LogP contribution in [0.25, 0.3) is 0 Å². The maximum absolute atomic E-state index is 4.21. The highest BCUT2D eigenvalue weighted by Gasteiger charge is 2.03. The summed E-state index contributed by atoms with van der Waals surface area (Å²) in [5.41, 5.74) is 0. The van der Waals surface area contributed by atoms with Crippen molar-refractivity contribution in [2.24, 2.45) is 0 Å². The molecule has 11 heavy (non-hydrogen) atoms. The lowest BCUT2D eigenvalue weighted by molar-refractivity contribution is 0.0311. The molecule has 0 aromatic heterocycles. The van der Waals surface area contributed by atoms with Crippen LogP contribution in [0.4, 0.5) is 0 Å². The van der Waals surface area contributed by atoms with Gasteiger partial charge in [0.05, 0.1) is 0 Å². The average Bonchev–Trinajstić information content (AvgIpc) is 1.97. The lowest BCUT2D eigenvalue weighted by Gasteiger charge is -2.27. The summed E-state index contributed by atoms with van der Waals surface area (Å²) in [5, 5.41) is 4.46. The zero-order valence-electron chi connectivity index (χ0n) is 7.88. The SMILES string of the molecule is CCCCN(CCS)N(C)C. The van der Waals surface area contributed by atoms with Gasteiger partial charge in [0.1, 0.15) is 0 Å². The molecule has 0 heterocycles. The Kier molecular flexibility index (Phi) is 7.12. The van der Waals surface area contributed by atoms with Gasteiger partial charge < -0.3 is 0 Å². The monoisotopic (exact) mass is 176 g/mol. The van der Waals surface area contributed by atoms with E-state index >= 15 is 0 Å². The topological polar surface area (TPSA) is 6.48 Å². The van der Waals surface area contributed by atoms with Crippen LogP contribution in [0.2, 0.25) is 0 Å². The summed E-state index contributed by atoms with van der Waals surface area (Å²) in [7, 11) is 4.16. The molecular formula is C8H20N2S. The van der Waals surface area contributed by atoms with Gasteiger partial charge in [0.15, 0.2) is 0 Å². The summed E-state index contributed by atoms with van der Waals surface area (Å²) >= 11 is 4.21. The van der Waals surface area contributed by atoms with Gasteiger partial charge in [-0.15, -0.1) is 0 Å². The second kappa shape index (κ2) is 6.95. The number of hydrogen-bond acceptors (Lipinski definition) is 3. The first-order valence-electron chi connectivity index (χ1n) is 4.25. The molecule has 0 aliphatic carbocycles. The molecule has 0 aliphatic rings. The van der Waals surface area contributed by atoms with Crippen LogP contribution in [0, 0.1) is 0 Å². The minimum atomic E-state index is 0.932. The van der Waals surface area contributed by atoms with E-state index in [-0.39, 0.29) is 0 Å². The normalized spacial score (nSPS) is 11.5. The standard InChI is InChI=1S/C8H20N2S/c1-4-5-6-10(7-8-11)9(2)3/h11H,4-8H2,1-3H3. The number of rotatable bonds is 6. The van der Waals surface area contributed by atoms with Gasteiger partial charge in [-0.1, -0.05) is 13.3 Å². The predicted molar refractivity (Wildman–Crippen MR) is 54.0 cm³/mol. The maximum Gasteiger partial charge on any atom is 0.0221 e. The zero-order valence-corrected chi connectivity index (χ0v) is 8.77. The van der Waals surface area contributed by atoms with Crippen LogP contribution in [0.15, 0.2) is 0 Å². The molecule has 0 amide bonds. The Hall–Kier alpha value is 0.270. The molecule has 2 nitrogen and oxygen atoms in total. The third-order valence-electron chi connectivity index (χ3n) is 1.69. The van der Waals surface area contributed by atoms with Crippen LogP contribution < -0.4 is 0 Å². The van der Waals surface area contributed by atoms with Crippen LogP contribution in [-0.4, -0.2) is 43.0 Å². The highest BCUT2D eigenvalue weighted by atomic mass is 32.1. The lowest BCUT2D eigenvalue weighted by Crippen LogP contribution is -2.38. The van der Waals surface area contributed by atoms with E-state index in [2.05, 4.69) is 43.7 Å². The van der Waals surface area contributed by atoms with Crippen LogP contribution in [0.3, 0.4) is 0 Å². The van der Waals surface area contributed by atoms with Gasteiger partial charge in [-0.05, 0) is 6.42 Å². The summed E-state index contributed by atoms with van der Waals surface area (Å²) in [5.74, 6) is 0.932. The fourth-order valence-electron chi connectivity index (χ4n) is 0.968. The van der Waals surface area contributed by atoms with E-state index < -0.39 is 0 Å². The molecule has 0 saturated carbocycles. The van der Waals surface area contributed by atoms with Crippen molar-refractivity contribution in [3.8, 4) is 0 Å². The molecule has 3 heteroatoms. The summed E-state index contributed by atoms with van der Waals surface area (Å²) < 4.78 is 0. The molecule has 0 radical (unpaired) electrons. The van der Waals surface area contributed by atoms with Gasteiger partial charge in [-0.2, -0.15) is 12.6 Å². The Morgan fingerprint density at radius 2 is 1.82 bits per heavy atom. The van der Waals surface area contributed by atoms with Crippen molar-refractivity contribution in [1.82, 2.24) is 10.0 Å². The molecule has 68 valence electrons. The third kappa shape index (κ3) is 5.53. The van der Waals surface area contributed by atoms with Crippen LogP contribution in [0.1, 0.15) is 19.8 Å². The van der Waals surface area contributed by atoms with E-state index in [0.717, 1.165) is 18.8 Å². The minimum absolute atomic E-state index is 0.932. The molecule has 0 unspecified atom stereocenters. The highest BCUT2D eigenvalue weighted by Crippen LogP contribution is 1.96. The highest BCUT2D eigenvalue weighted by molar-refractivity contribution is 7.80. The molecular weight excluding hydrogens is 156 g/mol. The summed E-state index contributed by atoms with van der Waals surface area (Å²) in [6, 6.07) is 0. The van der Waals surface area contributed by atoms with E-state index in [1.165, 1.54) is 12.8 Å². The van der Waals surface area contributed by atoms with Gasteiger partial charge in [0.2, 0.25) is 0 Å². The van der Waals surface area contributed by atoms with Gasteiger partial charge in [-0.25, -0.2) is 10.0 Å². The van der Waals surface area contributed by atoms with Crippen molar-refractivity contribution in [2.45, 2.75) is 19.8 Å². The molecule has 0 atom stereocenters. The summed E-state index contributed by atoms with van der Waals surface area (Å²) in [6.07, 6.45) is 2.53. The molecule has 0 spiro atoms. The van der Waals surface area contributed by atoms with E-state index in [0.29, 0.717) is 0 Å². The summed E-state index contributed by atoms with van der Waals surface area (Å²) in [6.45, 7) is 4.43. The third-order valence-corrected chi connectivity index (χ3v) is 1.89. The first kappa shape index (κ1) is 11.3. The molecule has 0 aliphatic heterocycles. The molecule has 0 aromatic rings. The van der Waals surface area contributed by atoms with Gasteiger partial charge in [0, 0.05) is 32.9 Å². The van der Waals surface area contributed by atoms with Crippen LogP contribution in [0.5, 0.6) is 0 Å². The van der Waals surface area contributed by atoms with E-state index in [1.54, 1.807) is 0 Å². The molecule has 0 rings (SSSR count). The Balaban J connectivity index is 3.51. The maximum atomic E-state index is 4.21. The van der Waals surface area contributed by atoms with Gasteiger partial charge in [0.25, 0.3) is 0 Å². The Labute approximate surface area is 75.9 Å². The van der Waals surface area contributed by atoms with Crippen molar-refractivity contribution in [1.29, 1.82) is 0 Å². The first-order chi connectivity index (χ1) is 5.22. The second-order valence-electron chi connectivity index (χ2n) is 2.88. The van der Waals surface area contributed by atoms with Crippen molar-refractivity contribution >= 4 is 12.6 Å².